The van der Waals surface area contributed by atoms with Crippen LogP contribution in [-0.4, -0.2) is 45.0 Å². The Hall–Kier alpha value is -2.83. The van der Waals surface area contributed by atoms with Gasteiger partial charge in [0, 0.05) is 37.9 Å². The van der Waals surface area contributed by atoms with E-state index in [0.717, 1.165) is 85.1 Å². The number of pyridine rings is 1. The van der Waals surface area contributed by atoms with Gasteiger partial charge in [-0.05, 0) is 49.8 Å². The third-order valence-electron chi connectivity index (χ3n) is 6.86. The molecule has 0 bridgehead atoms. The molecule has 33 heavy (non-hydrogen) atoms. The molecule has 0 saturated carbocycles. The van der Waals surface area contributed by atoms with Crippen LogP contribution in [0.4, 0.5) is 5.82 Å². The monoisotopic (exact) mass is 451 g/mol. The molecule has 1 aromatic carbocycles. The number of unbranched alkanes of at least 4 members (excludes halogenated alkanes) is 1. The molecule has 0 spiro atoms. The Morgan fingerprint density at radius 1 is 1.24 bits per heavy atom. The topological polar surface area (TPSA) is 86.3 Å². The van der Waals surface area contributed by atoms with Crippen LogP contribution < -0.4 is 10.5 Å². The molecule has 3 heterocycles. The molecule has 2 N–H and O–H groups in total. The van der Waals surface area contributed by atoms with Crippen molar-refractivity contribution in [1.29, 1.82) is 0 Å². The Bertz CT molecular complexity index is 1130. The first-order valence-electron chi connectivity index (χ1n) is 12.3. The number of nitrogen functional groups attached to an aromatic ring is 1. The molecule has 0 atom stereocenters. The van der Waals surface area contributed by atoms with Crippen LogP contribution in [0.15, 0.2) is 18.2 Å². The highest BCUT2D eigenvalue weighted by molar-refractivity contribution is 6.07. The fourth-order valence-corrected chi connectivity index (χ4v) is 4.82. The maximum absolute atomic E-state index is 12.2. The molecular formula is C26H37N5O2. The average Bonchev–Trinajstić information content (AvgIpc) is 3.15. The minimum Gasteiger partial charge on any atom is -0.494 e. The van der Waals surface area contributed by atoms with E-state index in [1.54, 1.807) is 0 Å². The zero-order valence-electron chi connectivity index (χ0n) is 20.4. The van der Waals surface area contributed by atoms with Crippen molar-refractivity contribution in [2.45, 2.75) is 59.3 Å². The zero-order chi connectivity index (χ0) is 23.5. The minimum absolute atomic E-state index is 0.0799. The molecule has 0 aliphatic carbocycles. The Morgan fingerprint density at radius 2 is 2.00 bits per heavy atom. The first kappa shape index (κ1) is 23.3. The number of hydrogen-bond donors (Lipinski definition) is 1. The van der Waals surface area contributed by atoms with E-state index in [9.17, 15) is 4.79 Å². The van der Waals surface area contributed by atoms with E-state index >= 15 is 0 Å². The molecule has 3 aromatic rings. The third kappa shape index (κ3) is 4.92. The van der Waals surface area contributed by atoms with Crippen LogP contribution in [0.5, 0.6) is 5.75 Å². The predicted molar refractivity (Wildman–Crippen MR) is 133 cm³/mol. The summed E-state index contributed by atoms with van der Waals surface area (Å²) >= 11 is 0. The van der Waals surface area contributed by atoms with Crippen LogP contribution in [0, 0.1) is 11.8 Å². The van der Waals surface area contributed by atoms with Gasteiger partial charge in [-0.1, -0.05) is 27.2 Å². The Balaban J connectivity index is 1.44. The summed E-state index contributed by atoms with van der Waals surface area (Å²) in [5, 5.41) is 1.02. The molecule has 7 heteroatoms. The summed E-state index contributed by atoms with van der Waals surface area (Å²) < 4.78 is 8.31. The zero-order valence-corrected chi connectivity index (χ0v) is 20.4. The standard InChI is InChI=1S/C26H37N5O2/c1-5-6-7-22-29-23-24(30(22)4)20-16-19(8-9-21(20)28-25(23)27)33-15-12-18-10-13-31(14-11-18)26(32)17(2)3/h8-9,16-18H,5-7,10-15H2,1-4H3,(H2,27,28). The molecule has 0 unspecified atom stereocenters. The van der Waals surface area contributed by atoms with Crippen molar-refractivity contribution in [2.24, 2.45) is 18.9 Å². The molecule has 1 fully saturated rings. The van der Waals surface area contributed by atoms with Crippen LogP contribution in [0.3, 0.4) is 0 Å². The van der Waals surface area contributed by atoms with Crippen LogP contribution in [0.2, 0.25) is 0 Å². The summed E-state index contributed by atoms with van der Waals surface area (Å²) in [4.78, 5) is 23.6. The molecule has 7 nitrogen and oxygen atoms in total. The summed E-state index contributed by atoms with van der Waals surface area (Å²) in [6, 6.07) is 6.02. The van der Waals surface area contributed by atoms with E-state index in [2.05, 4.69) is 29.6 Å². The van der Waals surface area contributed by atoms with Gasteiger partial charge in [-0.2, -0.15) is 0 Å². The second kappa shape index (κ2) is 9.98. The number of likely N-dealkylation sites (tertiary alicyclic amines) is 1. The molecule has 1 amide bonds. The van der Waals surface area contributed by atoms with Gasteiger partial charge in [-0.25, -0.2) is 9.97 Å². The first-order valence-corrected chi connectivity index (χ1v) is 12.3. The van der Waals surface area contributed by atoms with Gasteiger partial charge < -0.3 is 19.9 Å². The van der Waals surface area contributed by atoms with Crippen LogP contribution in [0.25, 0.3) is 21.9 Å². The predicted octanol–water partition coefficient (Wildman–Crippen LogP) is 4.71. The van der Waals surface area contributed by atoms with E-state index in [1.807, 2.05) is 30.9 Å². The number of aromatic nitrogens is 3. The number of nitrogens with two attached hydrogens (primary N) is 1. The van der Waals surface area contributed by atoms with Crippen LogP contribution in [0.1, 0.15) is 58.7 Å². The number of rotatable bonds is 8. The number of anilines is 1. The van der Waals surface area contributed by atoms with Crippen molar-refractivity contribution >= 4 is 33.7 Å². The number of fused-ring (bicyclic) bond motifs is 3. The molecule has 2 aromatic heterocycles. The lowest BCUT2D eigenvalue weighted by Gasteiger charge is -2.33. The fraction of sp³-hybridized carbons (Fsp3) is 0.577. The number of aryl methyl sites for hydroxylation is 2. The summed E-state index contributed by atoms with van der Waals surface area (Å²) in [5.41, 5.74) is 8.90. The number of ether oxygens (including phenoxy) is 1. The molecular weight excluding hydrogens is 414 g/mol. The van der Waals surface area contributed by atoms with Gasteiger partial charge in [-0.15, -0.1) is 0 Å². The SMILES string of the molecule is CCCCc1nc2c(N)nc3ccc(OCCC4CCN(C(=O)C(C)C)CC4)cc3c2n1C. The van der Waals surface area contributed by atoms with Gasteiger partial charge in [0.1, 0.15) is 17.1 Å². The molecule has 1 aliphatic rings. The van der Waals surface area contributed by atoms with Gasteiger partial charge in [0.05, 0.1) is 17.6 Å². The molecule has 1 aliphatic heterocycles. The molecule has 1 saturated heterocycles. The first-order chi connectivity index (χ1) is 15.9. The smallest absolute Gasteiger partial charge is 0.225 e. The van der Waals surface area contributed by atoms with Crippen LogP contribution in [-0.2, 0) is 18.3 Å². The average molecular weight is 452 g/mol. The number of carbonyl (C=O) groups is 1. The molecule has 0 radical (unpaired) electrons. The summed E-state index contributed by atoms with van der Waals surface area (Å²) in [6.45, 7) is 8.54. The third-order valence-corrected chi connectivity index (χ3v) is 6.86. The second-order valence-corrected chi connectivity index (χ2v) is 9.62. The summed E-state index contributed by atoms with van der Waals surface area (Å²) in [7, 11) is 2.06. The highest BCUT2D eigenvalue weighted by Crippen LogP contribution is 2.31. The van der Waals surface area contributed by atoms with Gasteiger partial charge >= 0.3 is 0 Å². The van der Waals surface area contributed by atoms with E-state index in [4.69, 9.17) is 15.5 Å². The number of piperidine rings is 1. The molecule has 178 valence electrons. The lowest BCUT2D eigenvalue weighted by atomic mass is 9.93. The highest BCUT2D eigenvalue weighted by atomic mass is 16.5. The summed E-state index contributed by atoms with van der Waals surface area (Å²) in [6.07, 6.45) is 6.27. The Morgan fingerprint density at radius 3 is 2.70 bits per heavy atom. The van der Waals surface area contributed by atoms with E-state index in [1.165, 1.54) is 0 Å². The number of amides is 1. The quantitative estimate of drug-likeness (QED) is 0.536. The van der Waals surface area contributed by atoms with Crippen molar-refractivity contribution in [1.82, 2.24) is 19.4 Å². The second-order valence-electron chi connectivity index (χ2n) is 9.62. The number of benzene rings is 1. The Labute approximate surface area is 196 Å². The van der Waals surface area contributed by atoms with E-state index < -0.39 is 0 Å². The van der Waals surface area contributed by atoms with Crippen molar-refractivity contribution in [3.8, 4) is 5.75 Å². The Kier molecular flexibility index (Phi) is 7.05. The number of carbonyl (C=O) groups excluding carboxylic acids is 1. The molecule has 4 rings (SSSR count). The summed E-state index contributed by atoms with van der Waals surface area (Å²) in [5.74, 6) is 3.33. The van der Waals surface area contributed by atoms with Gasteiger partial charge in [0.15, 0.2) is 5.82 Å². The van der Waals surface area contributed by atoms with Crippen molar-refractivity contribution in [3.63, 3.8) is 0 Å². The van der Waals surface area contributed by atoms with Crippen molar-refractivity contribution < 1.29 is 9.53 Å². The van der Waals surface area contributed by atoms with E-state index in [0.29, 0.717) is 18.3 Å². The van der Waals surface area contributed by atoms with Gasteiger partial charge in [0.25, 0.3) is 0 Å². The van der Waals surface area contributed by atoms with Crippen molar-refractivity contribution in [3.05, 3.63) is 24.0 Å². The minimum atomic E-state index is 0.0799. The van der Waals surface area contributed by atoms with Gasteiger partial charge in [0.2, 0.25) is 5.91 Å². The lowest BCUT2D eigenvalue weighted by Crippen LogP contribution is -2.40. The normalized spacial score (nSPS) is 15.1. The number of hydrogen-bond acceptors (Lipinski definition) is 5. The number of nitrogens with zero attached hydrogens (tertiary/aromatic N) is 4. The fourth-order valence-electron chi connectivity index (χ4n) is 4.82. The maximum atomic E-state index is 12.2. The van der Waals surface area contributed by atoms with Gasteiger partial charge in [-0.3, -0.25) is 4.79 Å². The van der Waals surface area contributed by atoms with Crippen molar-refractivity contribution in [2.75, 3.05) is 25.4 Å². The van der Waals surface area contributed by atoms with E-state index in [-0.39, 0.29) is 11.8 Å². The lowest BCUT2D eigenvalue weighted by molar-refractivity contribution is -0.135. The van der Waals surface area contributed by atoms with Crippen LogP contribution >= 0.6 is 0 Å². The maximum Gasteiger partial charge on any atom is 0.225 e. The highest BCUT2D eigenvalue weighted by Gasteiger charge is 2.24. The number of imidazole rings is 1. The largest absolute Gasteiger partial charge is 0.494 e.